The average Bonchev–Trinajstić information content (AvgIpc) is 2.77. The first-order chi connectivity index (χ1) is 9.90. The van der Waals surface area contributed by atoms with Crippen LogP contribution >= 0.6 is 11.3 Å². The fourth-order valence-electron chi connectivity index (χ4n) is 1.71. The van der Waals surface area contributed by atoms with Crippen LogP contribution in [-0.2, 0) is 6.54 Å². The number of aromatic carboxylic acids is 1. The van der Waals surface area contributed by atoms with Crippen molar-refractivity contribution in [1.29, 1.82) is 0 Å². The van der Waals surface area contributed by atoms with E-state index in [-0.39, 0.29) is 11.4 Å². The normalized spacial score (nSPS) is 10.4. The third-order valence-electron chi connectivity index (χ3n) is 2.65. The molecule has 110 valence electrons. The van der Waals surface area contributed by atoms with Crippen molar-refractivity contribution in [2.24, 2.45) is 0 Å². The number of phenolic OH excluding ortho intramolecular Hbond substituents is 1. The molecule has 1 aromatic carbocycles. The zero-order valence-electron chi connectivity index (χ0n) is 10.9. The van der Waals surface area contributed by atoms with Crippen LogP contribution in [0.4, 0.5) is 4.39 Å². The van der Waals surface area contributed by atoms with Crippen LogP contribution in [0.15, 0.2) is 18.2 Å². The van der Waals surface area contributed by atoms with Crippen molar-refractivity contribution in [1.82, 2.24) is 10.3 Å². The van der Waals surface area contributed by atoms with Gasteiger partial charge in [-0.2, -0.15) is 0 Å². The molecule has 0 saturated heterocycles. The number of nitrogens with zero attached hydrogens (tertiary/aromatic N) is 1. The molecule has 6 nitrogen and oxygen atoms in total. The highest BCUT2D eigenvalue weighted by molar-refractivity contribution is 7.13. The first kappa shape index (κ1) is 14.9. The van der Waals surface area contributed by atoms with Gasteiger partial charge in [0.05, 0.1) is 12.2 Å². The van der Waals surface area contributed by atoms with Crippen LogP contribution in [0.25, 0.3) is 0 Å². The lowest BCUT2D eigenvalue weighted by Gasteiger charge is -2.06. The van der Waals surface area contributed by atoms with E-state index in [1.807, 2.05) is 0 Å². The SMILES string of the molecule is Cc1nc(CNC(=O)c2c(O)cccc2F)sc1C(=O)O. The number of hydrogen-bond donors (Lipinski definition) is 3. The smallest absolute Gasteiger partial charge is 0.347 e. The quantitative estimate of drug-likeness (QED) is 0.801. The summed E-state index contributed by atoms with van der Waals surface area (Å²) in [6, 6.07) is 3.55. The molecule has 1 amide bonds. The molecule has 0 radical (unpaired) electrons. The molecular weight excluding hydrogens is 299 g/mol. The number of hydrogen-bond acceptors (Lipinski definition) is 5. The van der Waals surface area contributed by atoms with Crippen molar-refractivity contribution >= 4 is 23.2 Å². The largest absolute Gasteiger partial charge is 0.507 e. The molecule has 3 N–H and O–H groups in total. The number of rotatable bonds is 4. The maximum Gasteiger partial charge on any atom is 0.347 e. The number of carbonyl (C=O) groups excluding carboxylic acids is 1. The van der Waals surface area contributed by atoms with E-state index in [1.54, 1.807) is 6.92 Å². The summed E-state index contributed by atoms with van der Waals surface area (Å²) in [5.74, 6) is -3.19. The standard InChI is InChI=1S/C13H11FN2O4S/c1-6-11(13(19)20)21-9(16-6)5-15-12(18)10-7(14)3-2-4-8(10)17/h2-4,17H,5H2,1H3,(H,15,18)(H,19,20). The number of nitrogens with one attached hydrogen (secondary N) is 1. The van der Waals surface area contributed by atoms with E-state index >= 15 is 0 Å². The predicted octanol–water partition coefficient (Wildman–Crippen LogP) is 1.92. The molecule has 21 heavy (non-hydrogen) atoms. The van der Waals surface area contributed by atoms with Crippen molar-refractivity contribution in [2.75, 3.05) is 0 Å². The minimum absolute atomic E-state index is 0.0502. The molecule has 0 atom stereocenters. The van der Waals surface area contributed by atoms with Gasteiger partial charge in [0.25, 0.3) is 5.91 Å². The molecule has 0 aliphatic rings. The number of carbonyl (C=O) groups is 2. The average molecular weight is 310 g/mol. The Bertz CT molecular complexity index is 694. The van der Waals surface area contributed by atoms with E-state index < -0.39 is 29.0 Å². The molecule has 0 fully saturated rings. The van der Waals surface area contributed by atoms with Crippen LogP contribution < -0.4 is 5.32 Å². The summed E-state index contributed by atoms with van der Waals surface area (Å²) < 4.78 is 13.5. The minimum Gasteiger partial charge on any atom is -0.507 e. The summed E-state index contributed by atoms with van der Waals surface area (Å²) in [5.41, 5.74) is -0.102. The number of thiazole rings is 1. The van der Waals surface area contributed by atoms with Crippen LogP contribution in [0.3, 0.4) is 0 Å². The van der Waals surface area contributed by atoms with Crippen molar-refractivity contribution in [3.8, 4) is 5.75 Å². The molecular formula is C13H11FN2O4S. The molecule has 2 aromatic rings. The molecule has 2 rings (SSSR count). The van der Waals surface area contributed by atoms with Gasteiger partial charge in [0, 0.05) is 0 Å². The van der Waals surface area contributed by atoms with E-state index in [0.717, 1.165) is 17.4 Å². The molecule has 0 bridgehead atoms. The minimum atomic E-state index is -1.09. The number of aromatic nitrogens is 1. The van der Waals surface area contributed by atoms with Gasteiger partial charge in [0.2, 0.25) is 0 Å². The third-order valence-corrected chi connectivity index (χ3v) is 3.80. The van der Waals surface area contributed by atoms with E-state index in [9.17, 15) is 19.1 Å². The fraction of sp³-hybridized carbons (Fsp3) is 0.154. The molecule has 1 heterocycles. The van der Waals surface area contributed by atoms with Gasteiger partial charge in [-0.3, -0.25) is 4.79 Å². The van der Waals surface area contributed by atoms with Gasteiger partial charge in [0.1, 0.15) is 27.0 Å². The number of carboxylic acid groups (broad SMARTS) is 1. The van der Waals surface area contributed by atoms with Gasteiger partial charge in [-0.05, 0) is 19.1 Å². The number of amides is 1. The van der Waals surface area contributed by atoms with Gasteiger partial charge in [0.15, 0.2) is 0 Å². The number of aryl methyl sites for hydroxylation is 1. The summed E-state index contributed by atoms with van der Waals surface area (Å²) in [5, 5.41) is 21.2. The Kier molecular flexibility index (Phi) is 4.18. The Balaban J connectivity index is 2.11. The summed E-state index contributed by atoms with van der Waals surface area (Å²) >= 11 is 0.932. The Hall–Kier alpha value is -2.48. The Labute approximate surface area is 122 Å². The first-order valence-corrected chi connectivity index (χ1v) is 6.67. The molecule has 0 aliphatic carbocycles. The van der Waals surface area contributed by atoms with Crippen LogP contribution in [0.5, 0.6) is 5.75 Å². The van der Waals surface area contributed by atoms with Crippen molar-refractivity contribution < 1.29 is 24.2 Å². The lowest BCUT2D eigenvalue weighted by molar-refractivity contribution is 0.0700. The van der Waals surface area contributed by atoms with Gasteiger partial charge in [-0.15, -0.1) is 11.3 Å². The second-order valence-corrected chi connectivity index (χ2v) is 5.23. The second-order valence-electron chi connectivity index (χ2n) is 4.14. The molecule has 0 unspecified atom stereocenters. The van der Waals surface area contributed by atoms with Gasteiger partial charge < -0.3 is 15.5 Å². The highest BCUT2D eigenvalue weighted by atomic mass is 32.1. The number of aromatic hydroxyl groups is 1. The monoisotopic (exact) mass is 310 g/mol. The highest BCUT2D eigenvalue weighted by Gasteiger charge is 2.18. The van der Waals surface area contributed by atoms with Crippen LogP contribution in [0.2, 0.25) is 0 Å². The van der Waals surface area contributed by atoms with Crippen LogP contribution in [-0.4, -0.2) is 27.1 Å². The van der Waals surface area contributed by atoms with Crippen molar-refractivity contribution in [2.45, 2.75) is 13.5 Å². The lowest BCUT2D eigenvalue weighted by Crippen LogP contribution is -2.23. The van der Waals surface area contributed by atoms with Crippen molar-refractivity contribution in [3.63, 3.8) is 0 Å². The highest BCUT2D eigenvalue weighted by Crippen LogP contribution is 2.21. The zero-order chi connectivity index (χ0) is 15.6. The van der Waals surface area contributed by atoms with Crippen molar-refractivity contribution in [3.05, 3.63) is 45.2 Å². The number of carboxylic acids is 1. The lowest BCUT2D eigenvalue weighted by atomic mass is 10.2. The maximum atomic E-state index is 13.5. The van der Waals surface area contributed by atoms with Crippen LogP contribution in [0, 0.1) is 12.7 Å². The summed E-state index contributed by atoms with van der Waals surface area (Å²) in [7, 11) is 0. The van der Waals surface area contributed by atoms with Gasteiger partial charge >= 0.3 is 5.97 Å². The molecule has 1 aromatic heterocycles. The Morgan fingerprint density at radius 1 is 1.43 bits per heavy atom. The zero-order valence-corrected chi connectivity index (χ0v) is 11.7. The second kappa shape index (κ2) is 5.88. The number of phenols is 1. The molecule has 8 heteroatoms. The first-order valence-electron chi connectivity index (χ1n) is 5.85. The predicted molar refractivity (Wildman–Crippen MR) is 73.0 cm³/mol. The number of halogens is 1. The topological polar surface area (TPSA) is 99.5 Å². The summed E-state index contributed by atoms with van der Waals surface area (Å²) in [4.78, 5) is 26.8. The molecule has 0 aliphatic heterocycles. The van der Waals surface area contributed by atoms with E-state index in [2.05, 4.69) is 10.3 Å². The summed E-state index contributed by atoms with van der Waals surface area (Å²) in [6.45, 7) is 1.50. The summed E-state index contributed by atoms with van der Waals surface area (Å²) in [6.07, 6.45) is 0. The third kappa shape index (κ3) is 3.16. The maximum absolute atomic E-state index is 13.5. The Morgan fingerprint density at radius 3 is 2.71 bits per heavy atom. The fourth-order valence-corrected chi connectivity index (χ4v) is 2.55. The molecule has 0 saturated carbocycles. The number of benzene rings is 1. The van der Waals surface area contributed by atoms with Gasteiger partial charge in [-0.1, -0.05) is 6.07 Å². The molecule has 0 spiro atoms. The van der Waals surface area contributed by atoms with E-state index in [4.69, 9.17) is 5.11 Å². The van der Waals surface area contributed by atoms with Gasteiger partial charge in [-0.25, -0.2) is 14.2 Å². The van der Waals surface area contributed by atoms with E-state index in [0.29, 0.717) is 10.7 Å². The van der Waals surface area contributed by atoms with Crippen LogP contribution in [0.1, 0.15) is 30.7 Å². The van der Waals surface area contributed by atoms with E-state index in [1.165, 1.54) is 12.1 Å². The Morgan fingerprint density at radius 2 is 2.14 bits per heavy atom.